The van der Waals surface area contributed by atoms with E-state index in [2.05, 4.69) is 10.3 Å². The number of carbonyl (C=O) groups excluding carboxylic acids is 1. The SMILES string of the molecule is O=C(NC1CC1)C1CCN(c2nc3c(F)cc(F)cc3s2)C1. The molecule has 4 nitrogen and oxygen atoms in total. The topological polar surface area (TPSA) is 45.2 Å². The van der Waals surface area contributed by atoms with Gasteiger partial charge < -0.3 is 10.2 Å². The van der Waals surface area contributed by atoms with Crippen LogP contribution in [-0.2, 0) is 4.79 Å². The number of hydrogen-bond donors (Lipinski definition) is 1. The monoisotopic (exact) mass is 323 g/mol. The summed E-state index contributed by atoms with van der Waals surface area (Å²) in [4.78, 5) is 18.3. The smallest absolute Gasteiger partial charge is 0.225 e. The summed E-state index contributed by atoms with van der Waals surface area (Å²) in [5, 5.41) is 3.67. The van der Waals surface area contributed by atoms with Crippen LogP contribution in [0.1, 0.15) is 19.3 Å². The molecule has 4 rings (SSSR count). The molecule has 0 bridgehead atoms. The molecule has 2 fully saturated rings. The Bertz CT molecular complexity index is 744. The molecule has 1 aromatic heterocycles. The van der Waals surface area contributed by atoms with Gasteiger partial charge in [0.1, 0.15) is 11.3 Å². The van der Waals surface area contributed by atoms with Crippen LogP contribution in [0.5, 0.6) is 0 Å². The van der Waals surface area contributed by atoms with Gasteiger partial charge in [0.05, 0.1) is 10.6 Å². The van der Waals surface area contributed by atoms with Gasteiger partial charge in [-0.1, -0.05) is 11.3 Å². The number of hydrogen-bond acceptors (Lipinski definition) is 4. The van der Waals surface area contributed by atoms with Gasteiger partial charge in [-0.25, -0.2) is 13.8 Å². The number of thiazole rings is 1. The normalized spacial score (nSPS) is 21.5. The Morgan fingerprint density at radius 1 is 1.32 bits per heavy atom. The molecule has 0 radical (unpaired) electrons. The fraction of sp³-hybridized carbons (Fsp3) is 0.467. The first-order valence-electron chi connectivity index (χ1n) is 7.41. The molecule has 2 heterocycles. The van der Waals surface area contributed by atoms with E-state index in [1.807, 2.05) is 4.90 Å². The van der Waals surface area contributed by atoms with Crippen LogP contribution in [0, 0.1) is 17.6 Å². The van der Waals surface area contributed by atoms with Crippen molar-refractivity contribution in [3.63, 3.8) is 0 Å². The Balaban J connectivity index is 1.52. The fourth-order valence-electron chi connectivity index (χ4n) is 2.78. The highest BCUT2D eigenvalue weighted by Gasteiger charge is 2.33. The zero-order valence-corrected chi connectivity index (χ0v) is 12.6. The Labute approximate surface area is 130 Å². The molecule has 1 aromatic carbocycles. The van der Waals surface area contributed by atoms with Crippen LogP contribution in [0.15, 0.2) is 12.1 Å². The predicted octanol–water partition coefficient (Wildman–Crippen LogP) is 2.68. The number of nitrogens with zero attached hydrogens (tertiary/aromatic N) is 2. The third-order valence-corrected chi connectivity index (χ3v) is 5.22. The minimum atomic E-state index is -0.639. The summed E-state index contributed by atoms with van der Waals surface area (Å²) in [6.07, 6.45) is 2.92. The lowest BCUT2D eigenvalue weighted by Crippen LogP contribution is -2.34. The largest absolute Gasteiger partial charge is 0.353 e. The molecule has 1 saturated heterocycles. The lowest BCUT2D eigenvalue weighted by molar-refractivity contribution is -0.124. The minimum Gasteiger partial charge on any atom is -0.353 e. The van der Waals surface area contributed by atoms with Gasteiger partial charge in [-0.2, -0.15) is 0 Å². The molecule has 22 heavy (non-hydrogen) atoms. The van der Waals surface area contributed by atoms with Crippen molar-refractivity contribution in [2.45, 2.75) is 25.3 Å². The summed E-state index contributed by atoms with van der Waals surface area (Å²) >= 11 is 1.27. The van der Waals surface area contributed by atoms with E-state index in [9.17, 15) is 13.6 Å². The van der Waals surface area contributed by atoms with Crippen LogP contribution >= 0.6 is 11.3 Å². The molecule has 1 amide bonds. The fourth-order valence-corrected chi connectivity index (χ4v) is 3.82. The van der Waals surface area contributed by atoms with Crippen LogP contribution in [0.3, 0.4) is 0 Å². The molecule has 116 valence electrons. The Morgan fingerprint density at radius 2 is 2.14 bits per heavy atom. The molecule has 2 aromatic rings. The van der Waals surface area contributed by atoms with Gasteiger partial charge in [-0.3, -0.25) is 4.79 Å². The van der Waals surface area contributed by atoms with E-state index in [4.69, 9.17) is 0 Å². The molecule has 2 aliphatic rings. The third kappa shape index (κ3) is 2.54. The highest BCUT2D eigenvalue weighted by Crippen LogP contribution is 2.34. The van der Waals surface area contributed by atoms with E-state index in [0.29, 0.717) is 29.0 Å². The van der Waals surface area contributed by atoms with Crippen molar-refractivity contribution in [2.24, 2.45) is 5.92 Å². The maximum Gasteiger partial charge on any atom is 0.225 e. The number of anilines is 1. The van der Waals surface area contributed by atoms with Crippen molar-refractivity contribution in [3.8, 4) is 0 Å². The number of fused-ring (bicyclic) bond motifs is 1. The number of halogens is 2. The standard InChI is InChI=1S/C15H15F2N3OS/c16-9-5-11(17)13-12(6-9)22-15(19-13)20-4-3-8(7-20)14(21)18-10-1-2-10/h5-6,8,10H,1-4,7H2,(H,18,21). The second-order valence-electron chi connectivity index (χ2n) is 5.95. The quantitative estimate of drug-likeness (QED) is 0.944. The lowest BCUT2D eigenvalue weighted by atomic mass is 10.1. The molecule has 1 aliphatic carbocycles. The maximum atomic E-state index is 13.7. The Hall–Kier alpha value is -1.76. The first-order valence-corrected chi connectivity index (χ1v) is 8.23. The number of carbonyl (C=O) groups is 1. The third-order valence-electron chi connectivity index (χ3n) is 4.16. The number of aromatic nitrogens is 1. The van der Waals surface area contributed by atoms with Crippen molar-refractivity contribution in [1.82, 2.24) is 10.3 Å². The van der Waals surface area contributed by atoms with Crippen molar-refractivity contribution >= 4 is 32.6 Å². The van der Waals surface area contributed by atoms with E-state index in [1.54, 1.807) is 0 Å². The molecule has 1 N–H and O–H groups in total. The van der Waals surface area contributed by atoms with Crippen LogP contribution < -0.4 is 10.2 Å². The van der Waals surface area contributed by atoms with E-state index in [1.165, 1.54) is 17.4 Å². The van der Waals surface area contributed by atoms with Crippen LogP contribution in [-0.4, -0.2) is 30.0 Å². The van der Waals surface area contributed by atoms with Crippen molar-refractivity contribution in [2.75, 3.05) is 18.0 Å². The number of benzene rings is 1. The van der Waals surface area contributed by atoms with Crippen LogP contribution in [0.25, 0.3) is 10.2 Å². The molecule has 1 saturated carbocycles. The zero-order chi connectivity index (χ0) is 15.3. The van der Waals surface area contributed by atoms with Gasteiger partial charge >= 0.3 is 0 Å². The molecule has 1 unspecified atom stereocenters. The van der Waals surface area contributed by atoms with Gasteiger partial charge in [0.25, 0.3) is 0 Å². The maximum absolute atomic E-state index is 13.7. The zero-order valence-electron chi connectivity index (χ0n) is 11.8. The lowest BCUT2D eigenvalue weighted by Gasteiger charge is -2.14. The molecule has 1 aliphatic heterocycles. The number of rotatable bonds is 3. The Morgan fingerprint density at radius 3 is 2.91 bits per heavy atom. The highest BCUT2D eigenvalue weighted by molar-refractivity contribution is 7.22. The summed E-state index contributed by atoms with van der Waals surface area (Å²) < 4.78 is 27.5. The summed E-state index contributed by atoms with van der Waals surface area (Å²) in [7, 11) is 0. The second-order valence-corrected chi connectivity index (χ2v) is 6.95. The predicted molar refractivity (Wildman–Crippen MR) is 81.0 cm³/mol. The van der Waals surface area contributed by atoms with Crippen molar-refractivity contribution in [1.29, 1.82) is 0 Å². The van der Waals surface area contributed by atoms with Gasteiger partial charge in [0, 0.05) is 25.2 Å². The average molecular weight is 323 g/mol. The summed E-state index contributed by atoms with van der Waals surface area (Å²) in [5.74, 6) is -1.18. The van der Waals surface area contributed by atoms with E-state index < -0.39 is 11.6 Å². The minimum absolute atomic E-state index is 0.0470. The van der Waals surface area contributed by atoms with E-state index in [-0.39, 0.29) is 17.3 Å². The summed E-state index contributed by atoms with van der Waals surface area (Å²) in [5.41, 5.74) is 0.201. The van der Waals surface area contributed by atoms with Crippen molar-refractivity contribution in [3.05, 3.63) is 23.8 Å². The first-order chi connectivity index (χ1) is 10.6. The molecule has 0 spiro atoms. The number of nitrogens with one attached hydrogen (secondary N) is 1. The molecular weight excluding hydrogens is 308 g/mol. The van der Waals surface area contributed by atoms with Gasteiger partial charge in [0.2, 0.25) is 5.91 Å². The van der Waals surface area contributed by atoms with Crippen LogP contribution in [0.2, 0.25) is 0 Å². The molecular formula is C15H15F2N3OS. The Kier molecular flexibility index (Phi) is 3.25. The second kappa shape index (κ2) is 5.15. The van der Waals surface area contributed by atoms with Gasteiger partial charge in [-0.05, 0) is 25.3 Å². The highest BCUT2D eigenvalue weighted by atomic mass is 32.1. The van der Waals surface area contributed by atoms with Gasteiger partial charge in [-0.15, -0.1) is 0 Å². The van der Waals surface area contributed by atoms with E-state index in [0.717, 1.165) is 25.3 Å². The number of amides is 1. The van der Waals surface area contributed by atoms with Crippen LogP contribution in [0.4, 0.5) is 13.9 Å². The summed E-state index contributed by atoms with van der Waals surface area (Å²) in [6, 6.07) is 2.51. The van der Waals surface area contributed by atoms with Gasteiger partial charge in [0.15, 0.2) is 10.9 Å². The molecule has 7 heteroatoms. The van der Waals surface area contributed by atoms with E-state index >= 15 is 0 Å². The summed E-state index contributed by atoms with van der Waals surface area (Å²) in [6.45, 7) is 1.30. The average Bonchev–Trinajstić information content (AvgIpc) is 3.00. The first kappa shape index (κ1) is 13.9. The van der Waals surface area contributed by atoms with Crippen molar-refractivity contribution < 1.29 is 13.6 Å². The molecule has 1 atom stereocenters.